The molecule has 1 aromatic rings. The number of nitrogens with one attached hydrogen (secondary N) is 1. The number of rotatable bonds is 6. The van der Waals surface area contributed by atoms with Gasteiger partial charge < -0.3 is 5.32 Å². The predicted octanol–water partition coefficient (Wildman–Crippen LogP) is 3.53. The minimum atomic E-state index is -0.450. The quantitative estimate of drug-likeness (QED) is 0.751. The Hall–Kier alpha value is -0.960. The molecular weight excluding hydrogens is 220 g/mol. The second-order valence-electron chi connectivity index (χ2n) is 5.22. The van der Waals surface area contributed by atoms with Gasteiger partial charge in [0.15, 0.2) is 0 Å². The lowest BCUT2D eigenvalue weighted by Crippen LogP contribution is -2.32. The largest absolute Gasteiger partial charge is 0.316 e. The monoisotopic (exact) mass is 241 g/mol. The zero-order chi connectivity index (χ0) is 12.9. The second-order valence-corrected chi connectivity index (χ2v) is 5.22. The van der Waals surface area contributed by atoms with Crippen LogP contribution in [-0.4, -0.2) is 13.1 Å². The fraction of sp³-hybridized carbons (Fsp3) is 0.571. The summed E-state index contributed by atoms with van der Waals surface area (Å²) >= 11 is 0. The zero-order valence-corrected chi connectivity index (χ0v) is 10.8. The first-order valence-corrected chi connectivity index (χ1v) is 6.10. The van der Waals surface area contributed by atoms with E-state index < -0.39 is 11.6 Å². The maximum Gasteiger partial charge on any atom is 0.129 e. The number of hydrogen-bond acceptors (Lipinski definition) is 1. The maximum absolute atomic E-state index is 13.5. The highest BCUT2D eigenvalue weighted by Crippen LogP contribution is 2.24. The molecule has 0 heterocycles. The minimum Gasteiger partial charge on any atom is -0.316 e. The van der Waals surface area contributed by atoms with Crippen LogP contribution in [0.3, 0.4) is 0 Å². The third-order valence-electron chi connectivity index (χ3n) is 2.75. The molecule has 0 unspecified atom stereocenters. The first kappa shape index (κ1) is 14.1. The molecule has 0 saturated heterocycles. The summed E-state index contributed by atoms with van der Waals surface area (Å²) in [5, 5.41) is 3.29. The molecule has 0 fully saturated rings. The molecule has 0 saturated carbocycles. The first-order chi connectivity index (χ1) is 7.96. The average molecular weight is 241 g/mol. The van der Waals surface area contributed by atoms with Gasteiger partial charge in [-0.3, -0.25) is 0 Å². The van der Waals surface area contributed by atoms with Crippen molar-refractivity contribution in [3.63, 3.8) is 0 Å². The molecule has 0 aromatic heterocycles. The molecule has 96 valence electrons. The molecule has 0 amide bonds. The molecular formula is C14H21F2N. The number of hydrogen-bond donors (Lipinski definition) is 1. The molecule has 0 spiro atoms. The standard InChI is InChI=1S/C14H21F2N/c1-4-8-17-10-14(2,3)9-11-12(15)6-5-7-13(11)16/h5-7,17H,4,8-10H2,1-3H3. The van der Waals surface area contributed by atoms with E-state index in [4.69, 9.17) is 0 Å². The Morgan fingerprint density at radius 1 is 1.18 bits per heavy atom. The van der Waals surface area contributed by atoms with Crippen molar-refractivity contribution in [1.82, 2.24) is 5.32 Å². The number of halogens is 2. The summed E-state index contributed by atoms with van der Waals surface area (Å²) in [4.78, 5) is 0. The first-order valence-electron chi connectivity index (χ1n) is 6.10. The molecule has 0 bridgehead atoms. The number of benzene rings is 1. The van der Waals surface area contributed by atoms with Crippen LogP contribution < -0.4 is 5.32 Å². The lowest BCUT2D eigenvalue weighted by molar-refractivity contribution is 0.328. The molecule has 0 aliphatic heterocycles. The van der Waals surface area contributed by atoms with Crippen LogP contribution in [0.4, 0.5) is 8.78 Å². The van der Waals surface area contributed by atoms with Crippen LogP contribution in [0.2, 0.25) is 0 Å². The van der Waals surface area contributed by atoms with E-state index >= 15 is 0 Å². The fourth-order valence-corrected chi connectivity index (χ4v) is 1.85. The molecule has 0 atom stereocenters. The van der Waals surface area contributed by atoms with Gasteiger partial charge in [0, 0.05) is 12.1 Å². The van der Waals surface area contributed by atoms with Crippen molar-refractivity contribution in [1.29, 1.82) is 0 Å². The summed E-state index contributed by atoms with van der Waals surface area (Å²) in [5.74, 6) is -0.901. The van der Waals surface area contributed by atoms with Gasteiger partial charge in [0.2, 0.25) is 0 Å². The molecule has 1 rings (SSSR count). The van der Waals surface area contributed by atoms with E-state index in [1.165, 1.54) is 18.2 Å². The van der Waals surface area contributed by atoms with E-state index in [1.54, 1.807) is 0 Å². The summed E-state index contributed by atoms with van der Waals surface area (Å²) in [6.45, 7) is 7.82. The van der Waals surface area contributed by atoms with Crippen LogP contribution in [0.1, 0.15) is 32.8 Å². The van der Waals surface area contributed by atoms with Crippen molar-refractivity contribution in [2.45, 2.75) is 33.6 Å². The van der Waals surface area contributed by atoms with Gasteiger partial charge in [-0.05, 0) is 36.9 Å². The smallest absolute Gasteiger partial charge is 0.129 e. The normalized spacial score (nSPS) is 11.8. The van der Waals surface area contributed by atoms with Crippen LogP contribution >= 0.6 is 0 Å². The van der Waals surface area contributed by atoms with Gasteiger partial charge in [0.25, 0.3) is 0 Å². The van der Waals surface area contributed by atoms with Crippen LogP contribution in [-0.2, 0) is 6.42 Å². The molecule has 1 aromatic carbocycles. The van der Waals surface area contributed by atoms with Crippen molar-refractivity contribution in [2.24, 2.45) is 5.41 Å². The Labute approximate surface area is 102 Å². The van der Waals surface area contributed by atoms with E-state index in [0.29, 0.717) is 6.42 Å². The lowest BCUT2D eigenvalue weighted by Gasteiger charge is -2.25. The van der Waals surface area contributed by atoms with Gasteiger partial charge in [-0.1, -0.05) is 26.8 Å². The van der Waals surface area contributed by atoms with Gasteiger partial charge >= 0.3 is 0 Å². The summed E-state index contributed by atoms with van der Waals surface area (Å²) < 4.78 is 27.0. The molecule has 17 heavy (non-hydrogen) atoms. The van der Waals surface area contributed by atoms with Crippen molar-refractivity contribution in [2.75, 3.05) is 13.1 Å². The highest BCUT2D eigenvalue weighted by Gasteiger charge is 2.22. The average Bonchev–Trinajstić information content (AvgIpc) is 2.24. The Morgan fingerprint density at radius 3 is 2.29 bits per heavy atom. The van der Waals surface area contributed by atoms with Crippen LogP contribution in [0.15, 0.2) is 18.2 Å². The van der Waals surface area contributed by atoms with E-state index in [9.17, 15) is 8.78 Å². The fourth-order valence-electron chi connectivity index (χ4n) is 1.85. The Morgan fingerprint density at radius 2 is 1.76 bits per heavy atom. The summed E-state index contributed by atoms with van der Waals surface area (Å²) in [6.07, 6.45) is 1.46. The maximum atomic E-state index is 13.5. The summed E-state index contributed by atoms with van der Waals surface area (Å²) in [6, 6.07) is 4.03. The Bertz CT molecular complexity index is 341. The summed E-state index contributed by atoms with van der Waals surface area (Å²) in [5.41, 5.74) is 0.0360. The van der Waals surface area contributed by atoms with Crippen LogP contribution in [0.5, 0.6) is 0 Å². The molecule has 0 aliphatic carbocycles. The third-order valence-corrected chi connectivity index (χ3v) is 2.75. The SMILES string of the molecule is CCCNCC(C)(C)Cc1c(F)cccc1F. The molecule has 1 N–H and O–H groups in total. The second kappa shape index (κ2) is 6.10. The van der Waals surface area contributed by atoms with E-state index in [2.05, 4.69) is 12.2 Å². The molecule has 3 heteroatoms. The van der Waals surface area contributed by atoms with Crippen LogP contribution in [0.25, 0.3) is 0 Å². The van der Waals surface area contributed by atoms with E-state index in [-0.39, 0.29) is 11.0 Å². The lowest BCUT2D eigenvalue weighted by atomic mass is 9.85. The van der Waals surface area contributed by atoms with Crippen LogP contribution in [0, 0.1) is 17.0 Å². The van der Waals surface area contributed by atoms with Crippen molar-refractivity contribution < 1.29 is 8.78 Å². The van der Waals surface area contributed by atoms with Gasteiger partial charge in [-0.15, -0.1) is 0 Å². The van der Waals surface area contributed by atoms with Gasteiger partial charge in [-0.2, -0.15) is 0 Å². The van der Waals surface area contributed by atoms with E-state index in [1.807, 2.05) is 13.8 Å². The highest BCUT2D eigenvalue weighted by molar-refractivity contribution is 5.21. The summed E-state index contributed by atoms with van der Waals surface area (Å²) in [7, 11) is 0. The zero-order valence-electron chi connectivity index (χ0n) is 10.8. The predicted molar refractivity (Wildman–Crippen MR) is 67.0 cm³/mol. The van der Waals surface area contributed by atoms with E-state index in [0.717, 1.165) is 19.5 Å². The minimum absolute atomic E-state index is 0.155. The van der Waals surface area contributed by atoms with Gasteiger partial charge in [0.1, 0.15) is 11.6 Å². The van der Waals surface area contributed by atoms with Crippen molar-refractivity contribution in [3.05, 3.63) is 35.4 Å². The molecule has 1 nitrogen and oxygen atoms in total. The highest BCUT2D eigenvalue weighted by atomic mass is 19.1. The Kier molecular flexibility index (Phi) is 5.06. The Balaban J connectivity index is 2.69. The topological polar surface area (TPSA) is 12.0 Å². The molecule has 0 aliphatic rings. The van der Waals surface area contributed by atoms with Gasteiger partial charge in [0.05, 0.1) is 0 Å². The third kappa shape index (κ3) is 4.43. The van der Waals surface area contributed by atoms with Crippen molar-refractivity contribution in [3.8, 4) is 0 Å². The van der Waals surface area contributed by atoms with Crippen molar-refractivity contribution >= 4 is 0 Å². The molecule has 0 radical (unpaired) electrons. The van der Waals surface area contributed by atoms with Gasteiger partial charge in [-0.25, -0.2) is 8.78 Å².